The summed E-state index contributed by atoms with van der Waals surface area (Å²) < 4.78 is 1.95. The molecule has 0 bridgehead atoms. The fourth-order valence-corrected chi connectivity index (χ4v) is 2.75. The van der Waals surface area contributed by atoms with Crippen LogP contribution in [0.5, 0.6) is 0 Å². The number of nitrogens with zero attached hydrogens (tertiary/aromatic N) is 4. The number of rotatable bonds is 5. The summed E-state index contributed by atoms with van der Waals surface area (Å²) in [7, 11) is 0. The van der Waals surface area contributed by atoms with Gasteiger partial charge in [0.25, 0.3) is 0 Å². The van der Waals surface area contributed by atoms with E-state index >= 15 is 0 Å². The van der Waals surface area contributed by atoms with Gasteiger partial charge >= 0.3 is 0 Å². The molecule has 1 heterocycles. The highest BCUT2D eigenvalue weighted by Crippen LogP contribution is 2.68. The quantitative estimate of drug-likeness (QED) is 0.867. The van der Waals surface area contributed by atoms with Crippen molar-refractivity contribution in [2.24, 2.45) is 16.7 Å². The summed E-state index contributed by atoms with van der Waals surface area (Å²) >= 11 is 0. The van der Waals surface area contributed by atoms with Gasteiger partial charge in [0.05, 0.1) is 6.54 Å². The second-order valence-corrected chi connectivity index (χ2v) is 6.81. The van der Waals surface area contributed by atoms with Gasteiger partial charge in [-0.2, -0.15) is 0 Å². The van der Waals surface area contributed by atoms with E-state index < -0.39 is 0 Å². The van der Waals surface area contributed by atoms with Gasteiger partial charge < -0.3 is 5.32 Å². The Labute approximate surface area is 109 Å². The van der Waals surface area contributed by atoms with E-state index in [2.05, 4.69) is 62.4 Å². The summed E-state index contributed by atoms with van der Waals surface area (Å²) in [6.07, 6.45) is 0. The minimum Gasteiger partial charge on any atom is -0.308 e. The third-order valence-corrected chi connectivity index (χ3v) is 4.95. The molecule has 1 aliphatic rings. The van der Waals surface area contributed by atoms with Gasteiger partial charge in [-0.05, 0) is 27.2 Å². The van der Waals surface area contributed by atoms with Gasteiger partial charge in [-0.25, -0.2) is 4.68 Å². The first kappa shape index (κ1) is 13.5. The monoisotopic (exact) mass is 251 g/mol. The maximum absolute atomic E-state index is 4.12. The molecule has 1 fully saturated rings. The molecular formula is C13H25N5. The third-order valence-electron chi connectivity index (χ3n) is 4.95. The first-order chi connectivity index (χ1) is 8.26. The van der Waals surface area contributed by atoms with Crippen molar-refractivity contribution in [3.63, 3.8) is 0 Å². The Morgan fingerprint density at radius 1 is 1.22 bits per heavy atom. The van der Waals surface area contributed by atoms with Crippen molar-refractivity contribution < 1.29 is 0 Å². The van der Waals surface area contributed by atoms with Crippen LogP contribution >= 0.6 is 0 Å². The fourth-order valence-electron chi connectivity index (χ4n) is 2.75. The van der Waals surface area contributed by atoms with Crippen LogP contribution in [0.25, 0.3) is 0 Å². The van der Waals surface area contributed by atoms with E-state index in [1.807, 2.05) is 4.68 Å². The molecule has 0 aromatic carbocycles. The van der Waals surface area contributed by atoms with E-state index in [1.165, 1.54) is 0 Å². The summed E-state index contributed by atoms with van der Waals surface area (Å²) in [5.41, 5.74) is 0.753. The topological polar surface area (TPSA) is 55.6 Å². The molecule has 2 rings (SSSR count). The molecule has 5 nitrogen and oxygen atoms in total. The Hall–Kier alpha value is -0.970. The maximum atomic E-state index is 4.12. The summed E-state index contributed by atoms with van der Waals surface area (Å²) in [4.78, 5) is 0. The summed E-state index contributed by atoms with van der Waals surface area (Å²) in [5.74, 6) is 1.58. The highest BCUT2D eigenvalue weighted by atomic mass is 15.5. The zero-order chi connectivity index (χ0) is 13.6. The molecule has 0 atom stereocenters. The SMILES string of the molecule is CC(C)NCc1nnnn1CC1C(C)(C)C1(C)C. The molecule has 1 aromatic heterocycles. The van der Waals surface area contributed by atoms with Gasteiger partial charge in [-0.1, -0.05) is 41.5 Å². The number of nitrogens with one attached hydrogen (secondary N) is 1. The molecule has 0 amide bonds. The summed E-state index contributed by atoms with van der Waals surface area (Å²) in [5, 5.41) is 15.4. The zero-order valence-corrected chi connectivity index (χ0v) is 12.4. The second-order valence-electron chi connectivity index (χ2n) is 6.81. The van der Waals surface area contributed by atoms with Crippen LogP contribution in [0.15, 0.2) is 0 Å². The van der Waals surface area contributed by atoms with E-state index in [4.69, 9.17) is 0 Å². The van der Waals surface area contributed by atoms with Crippen molar-refractivity contribution in [2.75, 3.05) is 0 Å². The van der Waals surface area contributed by atoms with Crippen LogP contribution in [-0.2, 0) is 13.1 Å². The molecule has 18 heavy (non-hydrogen) atoms. The molecule has 102 valence electrons. The third kappa shape index (κ3) is 2.16. The lowest BCUT2D eigenvalue weighted by Crippen LogP contribution is -2.24. The molecule has 5 heteroatoms. The lowest BCUT2D eigenvalue weighted by atomic mass is 10.0. The first-order valence-electron chi connectivity index (χ1n) is 6.75. The van der Waals surface area contributed by atoms with E-state index in [9.17, 15) is 0 Å². The van der Waals surface area contributed by atoms with E-state index in [1.54, 1.807) is 0 Å². The highest BCUT2D eigenvalue weighted by Gasteiger charge is 2.64. The lowest BCUT2D eigenvalue weighted by molar-refractivity contribution is 0.442. The molecule has 1 N–H and O–H groups in total. The molecule has 1 aromatic rings. The Balaban J connectivity index is 2.01. The predicted octanol–water partition coefficient (Wildman–Crippen LogP) is 1.85. The van der Waals surface area contributed by atoms with Gasteiger partial charge in [0.15, 0.2) is 5.82 Å². The van der Waals surface area contributed by atoms with Gasteiger partial charge in [0.1, 0.15) is 0 Å². The highest BCUT2D eigenvalue weighted by molar-refractivity contribution is 5.12. The van der Waals surface area contributed by atoms with Crippen LogP contribution in [0, 0.1) is 16.7 Å². The minimum absolute atomic E-state index is 0.377. The van der Waals surface area contributed by atoms with Gasteiger partial charge in [0.2, 0.25) is 0 Å². The minimum atomic E-state index is 0.377. The van der Waals surface area contributed by atoms with Crippen molar-refractivity contribution >= 4 is 0 Å². The standard InChI is InChI=1S/C13H25N5/c1-9(2)14-7-11-15-16-17-18(11)8-10-12(3,4)13(10,5)6/h9-10,14H,7-8H2,1-6H3. The van der Waals surface area contributed by atoms with Crippen LogP contribution in [0.3, 0.4) is 0 Å². The van der Waals surface area contributed by atoms with Crippen molar-refractivity contribution in [3.8, 4) is 0 Å². The predicted molar refractivity (Wildman–Crippen MR) is 70.8 cm³/mol. The molecule has 0 saturated heterocycles. The Bertz CT molecular complexity index is 405. The Kier molecular flexibility index (Phi) is 3.21. The van der Waals surface area contributed by atoms with Crippen LogP contribution in [0.4, 0.5) is 0 Å². The molecule has 0 aliphatic heterocycles. The normalized spacial score (nSPS) is 21.5. The van der Waals surface area contributed by atoms with Crippen LogP contribution in [-0.4, -0.2) is 26.2 Å². The number of hydrogen-bond donors (Lipinski definition) is 1. The van der Waals surface area contributed by atoms with Crippen LogP contribution < -0.4 is 5.32 Å². The van der Waals surface area contributed by atoms with E-state index in [-0.39, 0.29) is 0 Å². The van der Waals surface area contributed by atoms with E-state index in [0.717, 1.165) is 18.9 Å². The fraction of sp³-hybridized carbons (Fsp3) is 0.923. The molecule has 0 unspecified atom stereocenters. The van der Waals surface area contributed by atoms with Gasteiger partial charge in [-0.15, -0.1) is 5.10 Å². The van der Waals surface area contributed by atoms with Crippen LogP contribution in [0.2, 0.25) is 0 Å². The molecule has 1 aliphatic carbocycles. The Morgan fingerprint density at radius 3 is 2.33 bits per heavy atom. The number of hydrogen-bond acceptors (Lipinski definition) is 4. The van der Waals surface area contributed by atoms with Crippen LogP contribution in [0.1, 0.15) is 47.4 Å². The lowest BCUT2D eigenvalue weighted by Gasteiger charge is -2.09. The van der Waals surface area contributed by atoms with Crippen molar-refractivity contribution in [1.82, 2.24) is 25.5 Å². The Morgan fingerprint density at radius 2 is 1.83 bits per heavy atom. The molecular weight excluding hydrogens is 226 g/mol. The van der Waals surface area contributed by atoms with Gasteiger partial charge in [0, 0.05) is 12.6 Å². The number of aromatic nitrogens is 4. The molecule has 0 radical (unpaired) electrons. The zero-order valence-electron chi connectivity index (χ0n) is 12.4. The largest absolute Gasteiger partial charge is 0.308 e. The first-order valence-corrected chi connectivity index (χ1v) is 6.75. The van der Waals surface area contributed by atoms with Crippen molar-refractivity contribution in [3.05, 3.63) is 5.82 Å². The second kappa shape index (κ2) is 4.30. The average molecular weight is 251 g/mol. The smallest absolute Gasteiger partial charge is 0.165 e. The van der Waals surface area contributed by atoms with E-state index in [0.29, 0.717) is 22.8 Å². The van der Waals surface area contributed by atoms with Gasteiger partial charge in [-0.3, -0.25) is 0 Å². The summed E-state index contributed by atoms with van der Waals surface area (Å²) in [6, 6.07) is 0.448. The van der Waals surface area contributed by atoms with Crippen molar-refractivity contribution in [1.29, 1.82) is 0 Å². The molecule has 1 saturated carbocycles. The average Bonchev–Trinajstić information content (AvgIpc) is 2.64. The number of tetrazole rings is 1. The molecule has 0 spiro atoms. The maximum Gasteiger partial charge on any atom is 0.165 e. The van der Waals surface area contributed by atoms with Crippen molar-refractivity contribution in [2.45, 2.75) is 60.7 Å². The summed E-state index contributed by atoms with van der Waals surface area (Å²) in [6.45, 7) is 15.2.